The Balaban J connectivity index is 1.93. The van der Waals surface area contributed by atoms with Crippen LogP contribution in [0.2, 0.25) is 0 Å². The van der Waals surface area contributed by atoms with Crippen LogP contribution >= 0.6 is 11.8 Å². The van der Waals surface area contributed by atoms with Crippen molar-refractivity contribution >= 4 is 28.8 Å². The quantitative estimate of drug-likeness (QED) is 0.294. The Kier molecular flexibility index (Phi) is 9.49. The highest BCUT2D eigenvalue weighted by molar-refractivity contribution is 7.99. The van der Waals surface area contributed by atoms with Gasteiger partial charge in [0.25, 0.3) is 0 Å². The van der Waals surface area contributed by atoms with Crippen LogP contribution in [0, 0.1) is 13.8 Å². The van der Waals surface area contributed by atoms with Crippen LogP contribution in [0.4, 0.5) is 11.4 Å². The SMILES string of the molecule is C=C(Nc1ccc(N)cc1C)c1cc(C)ccc1CCSCCCCCCC. The smallest absolute Gasteiger partial charge is 0.0415 e. The molecule has 0 fully saturated rings. The monoisotopic (exact) mass is 396 g/mol. The summed E-state index contributed by atoms with van der Waals surface area (Å²) in [6, 6.07) is 12.7. The van der Waals surface area contributed by atoms with Crippen molar-refractivity contribution in [3.8, 4) is 0 Å². The molecule has 0 atom stereocenters. The van der Waals surface area contributed by atoms with Gasteiger partial charge in [-0.25, -0.2) is 0 Å². The van der Waals surface area contributed by atoms with Crippen molar-refractivity contribution < 1.29 is 0 Å². The number of aryl methyl sites for hydroxylation is 3. The Morgan fingerprint density at radius 2 is 1.79 bits per heavy atom. The molecule has 0 heterocycles. The van der Waals surface area contributed by atoms with Crippen LogP contribution in [-0.4, -0.2) is 11.5 Å². The van der Waals surface area contributed by atoms with Gasteiger partial charge >= 0.3 is 0 Å². The molecule has 2 rings (SSSR count). The lowest BCUT2D eigenvalue weighted by Crippen LogP contribution is -2.04. The van der Waals surface area contributed by atoms with E-state index in [9.17, 15) is 0 Å². The lowest BCUT2D eigenvalue weighted by molar-refractivity contribution is 0.659. The molecular formula is C25H36N2S. The molecule has 0 spiro atoms. The first-order valence-corrected chi connectivity index (χ1v) is 11.7. The predicted molar refractivity (Wildman–Crippen MR) is 129 cm³/mol. The van der Waals surface area contributed by atoms with Crippen LogP contribution in [0.3, 0.4) is 0 Å². The summed E-state index contributed by atoms with van der Waals surface area (Å²) in [6.07, 6.45) is 7.87. The second-order valence-electron chi connectivity index (χ2n) is 7.62. The highest BCUT2D eigenvalue weighted by Gasteiger charge is 2.09. The van der Waals surface area contributed by atoms with Gasteiger partial charge < -0.3 is 11.1 Å². The van der Waals surface area contributed by atoms with Gasteiger partial charge in [0.15, 0.2) is 0 Å². The van der Waals surface area contributed by atoms with Crippen molar-refractivity contribution in [2.75, 3.05) is 22.6 Å². The first-order chi connectivity index (χ1) is 13.5. The van der Waals surface area contributed by atoms with Gasteiger partial charge in [0.1, 0.15) is 0 Å². The van der Waals surface area contributed by atoms with Gasteiger partial charge in [-0.2, -0.15) is 11.8 Å². The van der Waals surface area contributed by atoms with Crippen molar-refractivity contribution in [2.45, 2.75) is 59.3 Å². The Hall–Kier alpha value is -1.87. The Bertz CT molecular complexity index is 767. The molecule has 0 saturated carbocycles. The van der Waals surface area contributed by atoms with E-state index in [4.69, 9.17) is 5.73 Å². The molecule has 0 aliphatic carbocycles. The number of benzene rings is 2. The van der Waals surface area contributed by atoms with Crippen LogP contribution in [0.15, 0.2) is 43.0 Å². The zero-order valence-electron chi connectivity index (χ0n) is 17.8. The normalized spacial score (nSPS) is 10.8. The van der Waals surface area contributed by atoms with Gasteiger partial charge in [0.2, 0.25) is 0 Å². The Labute approximate surface area is 176 Å². The first-order valence-electron chi connectivity index (χ1n) is 10.5. The molecule has 0 amide bonds. The summed E-state index contributed by atoms with van der Waals surface area (Å²) in [6.45, 7) is 10.8. The van der Waals surface area contributed by atoms with Crippen LogP contribution in [0.5, 0.6) is 0 Å². The second kappa shape index (κ2) is 11.9. The average molecular weight is 397 g/mol. The van der Waals surface area contributed by atoms with Crippen LogP contribution in [-0.2, 0) is 6.42 Å². The number of thioether (sulfide) groups is 1. The van der Waals surface area contributed by atoms with Crippen molar-refractivity contribution in [3.05, 3.63) is 65.2 Å². The van der Waals surface area contributed by atoms with E-state index in [-0.39, 0.29) is 0 Å². The van der Waals surface area contributed by atoms with E-state index in [1.165, 1.54) is 54.5 Å². The van der Waals surface area contributed by atoms with E-state index < -0.39 is 0 Å². The molecular weight excluding hydrogens is 360 g/mol. The summed E-state index contributed by atoms with van der Waals surface area (Å²) in [4.78, 5) is 0. The fraction of sp³-hybridized carbons (Fsp3) is 0.440. The van der Waals surface area contributed by atoms with Crippen molar-refractivity contribution in [1.82, 2.24) is 0 Å². The van der Waals surface area contributed by atoms with Crippen LogP contribution in [0.1, 0.15) is 61.3 Å². The highest BCUT2D eigenvalue weighted by atomic mass is 32.2. The number of rotatable bonds is 12. The maximum atomic E-state index is 5.87. The molecule has 0 unspecified atom stereocenters. The van der Waals surface area contributed by atoms with Gasteiger partial charge in [0, 0.05) is 22.6 Å². The third kappa shape index (κ3) is 7.27. The maximum Gasteiger partial charge on any atom is 0.0415 e. The van der Waals surface area contributed by atoms with Gasteiger partial charge in [-0.1, -0.05) is 56.9 Å². The van der Waals surface area contributed by atoms with E-state index in [2.05, 4.69) is 62.6 Å². The fourth-order valence-electron chi connectivity index (χ4n) is 3.34. The van der Waals surface area contributed by atoms with Crippen molar-refractivity contribution in [1.29, 1.82) is 0 Å². The molecule has 0 bridgehead atoms. The van der Waals surface area contributed by atoms with Crippen molar-refractivity contribution in [2.24, 2.45) is 0 Å². The topological polar surface area (TPSA) is 38.0 Å². The minimum absolute atomic E-state index is 0.789. The molecule has 0 aliphatic heterocycles. The molecule has 2 aromatic rings. The molecule has 152 valence electrons. The number of nitrogens with two attached hydrogens (primary N) is 1. The number of hydrogen-bond acceptors (Lipinski definition) is 3. The van der Waals surface area contributed by atoms with E-state index in [1.54, 1.807) is 0 Å². The Morgan fingerprint density at radius 3 is 2.54 bits per heavy atom. The molecule has 0 radical (unpaired) electrons. The summed E-state index contributed by atoms with van der Waals surface area (Å²) in [5.41, 5.74) is 13.7. The highest BCUT2D eigenvalue weighted by Crippen LogP contribution is 2.26. The third-order valence-corrected chi connectivity index (χ3v) is 6.10. The summed E-state index contributed by atoms with van der Waals surface area (Å²) in [5.74, 6) is 2.44. The number of hydrogen-bond donors (Lipinski definition) is 2. The fourth-order valence-corrected chi connectivity index (χ4v) is 4.31. The standard InChI is InChI=1S/C25H36N2S/c1-5-6-7-8-9-15-28-16-14-22-11-10-19(2)17-24(22)21(4)27-25-13-12-23(26)18-20(25)3/h10-13,17-18,27H,4-9,14-16,26H2,1-3H3. The molecule has 0 aromatic heterocycles. The van der Waals surface area contributed by atoms with Gasteiger partial charge in [-0.3, -0.25) is 0 Å². The van der Waals surface area contributed by atoms with E-state index >= 15 is 0 Å². The molecule has 0 aliphatic rings. The minimum atomic E-state index is 0.789. The predicted octanol–water partition coefficient (Wildman–Crippen LogP) is 7.21. The zero-order chi connectivity index (χ0) is 20.4. The van der Waals surface area contributed by atoms with E-state index in [0.29, 0.717) is 0 Å². The van der Waals surface area contributed by atoms with Gasteiger partial charge in [-0.05, 0) is 73.6 Å². The second-order valence-corrected chi connectivity index (χ2v) is 8.84. The molecule has 2 nitrogen and oxygen atoms in total. The van der Waals surface area contributed by atoms with Crippen molar-refractivity contribution in [3.63, 3.8) is 0 Å². The lowest BCUT2D eigenvalue weighted by Gasteiger charge is -2.17. The lowest BCUT2D eigenvalue weighted by atomic mass is 10.00. The maximum absolute atomic E-state index is 5.87. The van der Waals surface area contributed by atoms with Crippen LogP contribution in [0.25, 0.3) is 5.70 Å². The summed E-state index contributed by atoms with van der Waals surface area (Å²) in [7, 11) is 0. The number of nitrogens with one attached hydrogen (secondary N) is 1. The number of unbranched alkanes of at least 4 members (excludes halogenated alkanes) is 4. The zero-order valence-corrected chi connectivity index (χ0v) is 18.6. The first kappa shape index (κ1) is 22.4. The van der Waals surface area contributed by atoms with Gasteiger partial charge in [-0.15, -0.1) is 0 Å². The number of nitrogen functional groups attached to an aromatic ring is 1. The van der Waals surface area contributed by atoms with Crippen LogP contribution < -0.4 is 11.1 Å². The molecule has 28 heavy (non-hydrogen) atoms. The minimum Gasteiger partial charge on any atom is -0.399 e. The van der Waals surface area contributed by atoms with E-state index in [1.807, 2.05) is 18.2 Å². The summed E-state index contributed by atoms with van der Waals surface area (Å²) < 4.78 is 0. The summed E-state index contributed by atoms with van der Waals surface area (Å²) >= 11 is 2.07. The number of anilines is 2. The Morgan fingerprint density at radius 1 is 1.00 bits per heavy atom. The molecule has 3 heteroatoms. The van der Waals surface area contributed by atoms with E-state index in [0.717, 1.165) is 34.8 Å². The third-order valence-electron chi connectivity index (χ3n) is 5.03. The molecule has 2 aromatic carbocycles. The largest absolute Gasteiger partial charge is 0.399 e. The molecule has 0 saturated heterocycles. The van der Waals surface area contributed by atoms with Gasteiger partial charge in [0.05, 0.1) is 0 Å². The average Bonchev–Trinajstić information content (AvgIpc) is 2.67. The summed E-state index contributed by atoms with van der Waals surface area (Å²) in [5, 5.41) is 3.49. The molecule has 3 N–H and O–H groups in total.